The average Bonchev–Trinajstić information content (AvgIpc) is 2.18. The highest BCUT2D eigenvalue weighted by Gasteiger charge is 2.19. The van der Waals surface area contributed by atoms with Gasteiger partial charge in [-0.25, -0.2) is 4.98 Å². The Balaban J connectivity index is 2.24. The van der Waals surface area contributed by atoms with Gasteiger partial charge in [-0.05, 0) is 28.1 Å². The molecular weight excluding hydrogens is 248 g/mol. The van der Waals surface area contributed by atoms with Crippen molar-refractivity contribution in [1.82, 2.24) is 4.98 Å². The van der Waals surface area contributed by atoms with E-state index in [4.69, 9.17) is 4.74 Å². The van der Waals surface area contributed by atoms with E-state index in [1.165, 1.54) is 0 Å². The van der Waals surface area contributed by atoms with E-state index in [-0.39, 0.29) is 12.5 Å². The minimum Gasteiger partial charge on any atom is -0.370 e. The fourth-order valence-electron chi connectivity index (χ4n) is 1.35. The van der Waals surface area contributed by atoms with E-state index in [1.807, 2.05) is 12.1 Å². The van der Waals surface area contributed by atoms with Crippen molar-refractivity contribution in [2.24, 2.45) is 0 Å². The molecule has 0 aliphatic carbocycles. The molecule has 0 N–H and O–H groups in total. The summed E-state index contributed by atoms with van der Waals surface area (Å²) in [6.07, 6.45) is 1.67. The van der Waals surface area contributed by atoms with E-state index in [9.17, 15) is 4.79 Å². The minimum atomic E-state index is -0.00523. The number of ether oxygens (including phenoxy) is 1. The SMILES string of the molecule is O=C1COCCN1c1ccnc(Br)c1. The van der Waals surface area contributed by atoms with Crippen LogP contribution in [-0.4, -0.2) is 30.6 Å². The summed E-state index contributed by atoms with van der Waals surface area (Å²) in [5.41, 5.74) is 0.861. The number of pyridine rings is 1. The van der Waals surface area contributed by atoms with E-state index in [1.54, 1.807) is 11.1 Å². The highest BCUT2D eigenvalue weighted by atomic mass is 79.9. The zero-order valence-corrected chi connectivity index (χ0v) is 9.03. The topological polar surface area (TPSA) is 42.4 Å². The molecular formula is C9H9BrN2O2. The highest BCUT2D eigenvalue weighted by Crippen LogP contribution is 2.19. The molecule has 0 atom stereocenters. The zero-order chi connectivity index (χ0) is 9.97. The first-order chi connectivity index (χ1) is 6.77. The molecule has 1 amide bonds. The van der Waals surface area contributed by atoms with Crippen LogP contribution in [0.5, 0.6) is 0 Å². The van der Waals surface area contributed by atoms with E-state index >= 15 is 0 Å². The third kappa shape index (κ3) is 1.93. The number of amides is 1. The van der Waals surface area contributed by atoms with Gasteiger partial charge in [0.15, 0.2) is 0 Å². The lowest BCUT2D eigenvalue weighted by Gasteiger charge is -2.26. The van der Waals surface area contributed by atoms with Crippen molar-refractivity contribution in [3.8, 4) is 0 Å². The fourth-order valence-corrected chi connectivity index (χ4v) is 1.70. The number of carbonyl (C=O) groups is 1. The summed E-state index contributed by atoms with van der Waals surface area (Å²) in [4.78, 5) is 17.2. The second-order valence-corrected chi connectivity index (χ2v) is 3.75. The Morgan fingerprint density at radius 1 is 1.57 bits per heavy atom. The van der Waals surface area contributed by atoms with Crippen LogP contribution < -0.4 is 4.90 Å². The van der Waals surface area contributed by atoms with Crippen molar-refractivity contribution < 1.29 is 9.53 Å². The van der Waals surface area contributed by atoms with Crippen LogP contribution >= 0.6 is 15.9 Å². The second kappa shape index (κ2) is 4.06. The fraction of sp³-hybridized carbons (Fsp3) is 0.333. The molecule has 0 unspecified atom stereocenters. The van der Waals surface area contributed by atoms with Crippen LogP contribution in [-0.2, 0) is 9.53 Å². The molecule has 1 aromatic heterocycles. The van der Waals surface area contributed by atoms with Crippen molar-refractivity contribution in [2.45, 2.75) is 0 Å². The maximum absolute atomic E-state index is 11.5. The predicted octanol–water partition coefficient (Wildman–Crippen LogP) is 1.21. The van der Waals surface area contributed by atoms with Gasteiger partial charge in [-0.3, -0.25) is 4.79 Å². The van der Waals surface area contributed by atoms with E-state index < -0.39 is 0 Å². The Morgan fingerprint density at radius 2 is 2.43 bits per heavy atom. The van der Waals surface area contributed by atoms with Crippen molar-refractivity contribution in [1.29, 1.82) is 0 Å². The van der Waals surface area contributed by atoms with Crippen molar-refractivity contribution in [2.75, 3.05) is 24.7 Å². The third-order valence-corrected chi connectivity index (χ3v) is 2.44. The molecule has 4 nitrogen and oxygen atoms in total. The molecule has 1 aliphatic rings. The van der Waals surface area contributed by atoms with Gasteiger partial charge in [0.05, 0.1) is 6.61 Å². The van der Waals surface area contributed by atoms with Crippen LogP contribution in [0.3, 0.4) is 0 Å². The van der Waals surface area contributed by atoms with Gasteiger partial charge in [0, 0.05) is 18.4 Å². The number of hydrogen-bond donors (Lipinski definition) is 0. The van der Waals surface area contributed by atoms with Gasteiger partial charge >= 0.3 is 0 Å². The second-order valence-electron chi connectivity index (χ2n) is 2.93. The summed E-state index contributed by atoms with van der Waals surface area (Å²) < 4.78 is 5.78. The molecule has 0 saturated carbocycles. The molecule has 0 bridgehead atoms. The Kier molecular flexibility index (Phi) is 2.79. The number of rotatable bonds is 1. The maximum Gasteiger partial charge on any atom is 0.253 e. The van der Waals surface area contributed by atoms with Gasteiger partial charge in [-0.1, -0.05) is 0 Å². The number of morpholine rings is 1. The number of hydrogen-bond acceptors (Lipinski definition) is 3. The van der Waals surface area contributed by atoms with Gasteiger partial charge in [-0.2, -0.15) is 0 Å². The summed E-state index contributed by atoms with van der Waals surface area (Å²) in [7, 11) is 0. The molecule has 2 heterocycles. The van der Waals surface area contributed by atoms with Gasteiger partial charge in [0.1, 0.15) is 11.2 Å². The van der Waals surface area contributed by atoms with Crippen LogP contribution in [0, 0.1) is 0 Å². The van der Waals surface area contributed by atoms with E-state index in [0.717, 1.165) is 10.3 Å². The summed E-state index contributed by atoms with van der Waals surface area (Å²) in [5, 5.41) is 0. The lowest BCUT2D eigenvalue weighted by Crippen LogP contribution is -2.41. The number of anilines is 1. The smallest absolute Gasteiger partial charge is 0.253 e. The minimum absolute atomic E-state index is 0.00523. The Morgan fingerprint density at radius 3 is 3.14 bits per heavy atom. The molecule has 2 rings (SSSR count). The summed E-state index contributed by atoms with van der Waals surface area (Å²) in [5.74, 6) is -0.00523. The van der Waals surface area contributed by atoms with Gasteiger partial charge in [-0.15, -0.1) is 0 Å². The predicted molar refractivity (Wildman–Crippen MR) is 55.1 cm³/mol. The lowest BCUT2D eigenvalue weighted by molar-refractivity contribution is -0.125. The van der Waals surface area contributed by atoms with E-state index in [2.05, 4.69) is 20.9 Å². The van der Waals surface area contributed by atoms with Crippen LogP contribution in [0.15, 0.2) is 22.9 Å². The Hall–Kier alpha value is -0.940. The van der Waals surface area contributed by atoms with Crippen molar-refractivity contribution in [3.63, 3.8) is 0 Å². The molecule has 0 radical (unpaired) electrons. The molecule has 1 aromatic rings. The first kappa shape index (κ1) is 9.61. The van der Waals surface area contributed by atoms with Crippen LogP contribution in [0.25, 0.3) is 0 Å². The van der Waals surface area contributed by atoms with Gasteiger partial charge in [0.25, 0.3) is 5.91 Å². The van der Waals surface area contributed by atoms with Crippen molar-refractivity contribution in [3.05, 3.63) is 22.9 Å². The zero-order valence-electron chi connectivity index (χ0n) is 7.44. The first-order valence-electron chi connectivity index (χ1n) is 4.27. The molecule has 0 aromatic carbocycles. The normalized spacial score (nSPS) is 17.2. The largest absolute Gasteiger partial charge is 0.370 e. The summed E-state index contributed by atoms with van der Waals surface area (Å²) in [6.45, 7) is 1.36. The Bertz CT molecular complexity index is 356. The van der Waals surface area contributed by atoms with Crippen molar-refractivity contribution >= 4 is 27.5 Å². The number of halogens is 1. The summed E-state index contributed by atoms with van der Waals surface area (Å²) >= 11 is 3.27. The quantitative estimate of drug-likeness (QED) is 0.710. The monoisotopic (exact) mass is 256 g/mol. The maximum atomic E-state index is 11.5. The number of carbonyl (C=O) groups excluding carboxylic acids is 1. The molecule has 0 spiro atoms. The number of aromatic nitrogens is 1. The molecule has 74 valence electrons. The molecule has 14 heavy (non-hydrogen) atoms. The molecule has 5 heteroatoms. The van der Waals surface area contributed by atoms with Crippen LogP contribution in [0.4, 0.5) is 5.69 Å². The molecule has 1 saturated heterocycles. The van der Waals surface area contributed by atoms with Crippen LogP contribution in [0.2, 0.25) is 0 Å². The number of nitrogens with zero attached hydrogens (tertiary/aromatic N) is 2. The molecule has 1 aliphatic heterocycles. The van der Waals surface area contributed by atoms with E-state index in [0.29, 0.717) is 13.2 Å². The first-order valence-corrected chi connectivity index (χ1v) is 5.06. The van der Waals surface area contributed by atoms with Gasteiger partial charge < -0.3 is 9.64 Å². The average molecular weight is 257 g/mol. The lowest BCUT2D eigenvalue weighted by atomic mass is 10.3. The summed E-state index contributed by atoms with van der Waals surface area (Å²) in [6, 6.07) is 3.64. The Labute approximate surface area is 90.0 Å². The molecule has 1 fully saturated rings. The highest BCUT2D eigenvalue weighted by molar-refractivity contribution is 9.10. The van der Waals surface area contributed by atoms with Crippen LogP contribution in [0.1, 0.15) is 0 Å². The standard InChI is InChI=1S/C9H9BrN2O2/c10-8-5-7(1-2-11-8)12-3-4-14-6-9(12)13/h1-2,5H,3-4,6H2. The third-order valence-electron chi connectivity index (χ3n) is 2.01. The van der Waals surface area contributed by atoms with Gasteiger partial charge in [0.2, 0.25) is 0 Å².